The van der Waals surface area contributed by atoms with Crippen LogP contribution in [0, 0.1) is 46.3 Å². The Morgan fingerprint density at radius 2 is 1.50 bits per heavy atom. The van der Waals surface area contributed by atoms with E-state index in [4.69, 9.17) is 14.2 Å². The summed E-state index contributed by atoms with van der Waals surface area (Å²) in [6, 6.07) is 0. The van der Waals surface area contributed by atoms with Crippen LogP contribution in [0.4, 0.5) is 0 Å². The van der Waals surface area contributed by atoms with E-state index in [1.165, 1.54) is 102 Å². The SMILES string of the molecule is CCCCCCCCCCCCCC(=O)OC[C@H]1O[C@H](O[C@H]2CC[C@@]3(C)C(=CC[C@H]4[C@@H]5CC[C@H]([C@H](C)CCCC(C)C)[C@@]5(C)CC[C@@H]43)C2)[C@H](O)[C@H](O)[C@H]1O. The highest BCUT2D eigenvalue weighted by atomic mass is 16.7. The van der Waals surface area contributed by atoms with Crippen molar-refractivity contribution in [2.75, 3.05) is 6.61 Å². The Labute approximate surface area is 330 Å². The molecule has 1 saturated heterocycles. The van der Waals surface area contributed by atoms with Crippen LogP contribution < -0.4 is 0 Å². The van der Waals surface area contributed by atoms with Crippen molar-refractivity contribution < 1.29 is 34.3 Å². The van der Waals surface area contributed by atoms with Crippen molar-refractivity contribution in [3.8, 4) is 0 Å². The molecule has 0 unspecified atom stereocenters. The number of unbranched alkanes of at least 4 members (excludes halogenated alkanes) is 10. The summed E-state index contributed by atoms with van der Waals surface area (Å²) in [7, 11) is 0. The largest absolute Gasteiger partial charge is 0.463 e. The molecule has 4 aliphatic carbocycles. The van der Waals surface area contributed by atoms with Crippen molar-refractivity contribution in [3.63, 3.8) is 0 Å². The van der Waals surface area contributed by atoms with E-state index in [1.54, 1.807) is 0 Å². The molecule has 3 saturated carbocycles. The number of carbonyl (C=O) groups is 1. The lowest BCUT2D eigenvalue weighted by atomic mass is 9.47. The number of esters is 1. The predicted octanol–water partition coefficient (Wildman–Crippen LogP) is 10.5. The van der Waals surface area contributed by atoms with Crippen LogP contribution in [0.1, 0.15) is 189 Å². The number of hydrogen-bond acceptors (Lipinski definition) is 7. The number of allylic oxidation sites excluding steroid dienone is 1. The quantitative estimate of drug-likeness (QED) is 0.0608. The number of aliphatic hydroxyl groups is 3. The van der Waals surface area contributed by atoms with Gasteiger partial charge in [0.05, 0.1) is 6.10 Å². The van der Waals surface area contributed by atoms with Gasteiger partial charge in [-0.25, -0.2) is 0 Å². The third-order valence-corrected chi connectivity index (χ3v) is 15.6. The fraction of sp³-hybridized carbons (Fsp3) is 0.936. The summed E-state index contributed by atoms with van der Waals surface area (Å²) in [6.45, 7) is 14.5. The fourth-order valence-electron chi connectivity index (χ4n) is 12.3. The second-order valence-corrected chi connectivity index (χ2v) is 19.8. The van der Waals surface area contributed by atoms with Gasteiger partial charge in [-0.3, -0.25) is 4.79 Å². The molecule has 4 fully saturated rings. The van der Waals surface area contributed by atoms with Crippen molar-refractivity contribution >= 4 is 5.97 Å². The standard InChI is InChI=1S/C47H82O7/c1-7-8-9-10-11-12-13-14-15-16-17-21-41(48)52-31-40-42(49)43(50)44(51)45(54-40)53-35-26-28-46(5)34(30-35)22-23-36-38-25-24-37(33(4)20-18-19-32(2)3)47(38,6)29-27-39(36)46/h22,32-33,35-40,42-45,49-51H,7-21,23-31H2,1-6H3/t33-,35+,36+,37-,38+,39+,40-,42+,43-,44-,45+,46+,47-/m1/s1. The van der Waals surface area contributed by atoms with E-state index in [9.17, 15) is 20.1 Å². The molecule has 0 bridgehead atoms. The monoisotopic (exact) mass is 759 g/mol. The van der Waals surface area contributed by atoms with E-state index < -0.39 is 30.7 Å². The minimum Gasteiger partial charge on any atom is -0.463 e. The van der Waals surface area contributed by atoms with Gasteiger partial charge >= 0.3 is 5.97 Å². The van der Waals surface area contributed by atoms with Gasteiger partial charge in [0.25, 0.3) is 0 Å². The smallest absolute Gasteiger partial charge is 0.305 e. The lowest BCUT2D eigenvalue weighted by Gasteiger charge is -2.58. The molecule has 0 aromatic rings. The Kier molecular flexibility index (Phi) is 16.8. The highest BCUT2D eigenvalue weighted by Crippen LogP contribution is 2.67. The zero-order chi connectivity index (χ0) is 38.9. The summed E-state index contributed by atoms with van der Waals surface area (Å²) in [5, 5.41) is 32.4. The maximum atomic E-state index is 12.5. The molecule has 5 rings (SSSR count). The number of carbonyl (C=O) groups excluding carboxylic acids is 1. The van der Waals surface area contributed by atoms with Crippen molar-refractivity contribution in [2.24, 2.45) is 46.3 Å². The number of ether oxygens (including phenoxy) is 3. The van der Waals surface area contributed by atoms with Gasteiger partial charge in [0.15, 0.2) is 6.29 Å². The zero-order valence-electron chi connectivity index (χ0n) is 35.5. The van der Waals surface area contributed by atoms with E-state index >= 15 is 0 Å². The van der Waals surface area contributed by atoms with Crippen LogP contribution in [-0.2, 0) is 19.0 Å². The third kappa shape index (κ3) is 10.7. The summed E-state index contributed by atoms with van der Waals surface area (Å²) >= 11 is 0. The van der Waals surface area contributed by atoms with Gasteiger partial charge in [-0.1, -0.05) is 137 Å². The van der Waals surface area contributed by atoms with Crippen molar-refractivity contribution in [2.45, 2.75) is 226 Å². The van der Waals surface area contributed by atoms with Crippen LogP contribution >= 0.6 is 0 Å². The molecule has 0 spiro atoms. The topological polar surface area (TPSA) is 105 Å². The van der Waals surface area contributed by atoms with Gasteiger partial charge < -0.3 is 29.5 Å². The molecular formula is C47H82O7. The van der Waals surface area contributed by atoms with E-state index in [1.807, 2.05) is 0 Å². The average Bonchev–Trinajstić information content (AvgIpc) is 3.50. The molecule has 1 heterocycles. The van der Waals surface area contributed by atoms with Gasteiger partial charge in [0, 0.05) is 6.42 Å². The average molecular weight is 759 g/mol. The zero-order valence-corrected chi connectivity index (χ0v) is 35.5. The summed E-state index contributed by atoms with van der Waals surface area (Å²) < 4.78 is 18.0. The van der Waals surface area contributed by atoms with Gasteiger partial charge in [0.1, 0.15) is 31.0 Å². The molecule has 7 nitrogen and oxygen atoms in total. The Morgan fingerprint density at radius 1 is 0.815 bits per heavy atom. The van der Waals surface area contributed by atoms with E-state index in [0.29, 0.717) is 17.8 Å². The van der Waals surface area contributed by atoms with E-state index in [2.05, 4.69) is 47.6 Å². The first kappa shape index (κ1) is 44.1. The maximum absolute atomic E-state index is 12.5. The lowest BCUT2D eigenvalue weighted by Crippen LogP contribution is -2.60. The molecule has 1 aliphatic heterocycles. The molecule has 54 heavy (non-hydrogen) atoms. The van der Waals surface area contributed by atoms with Crippen LogP contribution in [0.2, 0.25) is 0 Å². The fourth-order valence-corrected chi connectivity index (χ4v) is 12.3. The second kappa shape index (κ2) is 20.6. The molecule has 0 aromatic carbocycles. The molecule has 7 heteroatoms. The van der Waals surface area contributed by atoms with Crippen LogP contribution in [0.3, 0.4) is 0 Å². The molecular weight excluding hydrogens is 677 g/mol. The van der Waals surface area contributed by atoms with Gasteiger partial charge in [-0.15, -0.1) is 0 Å². The van der Waals surface area contributed by atoms with Gasteiger partial charge in [0.2, 0.25) is 0 Å². The van der Waals surface area contributed by atoms with Crippen LogP contribution in [0.5, 0.6) is 0 Å². The Balaban J connectivity index is 1.06. The van der Waals surface area contributed by atoms with Gasteiger partial charge in [-0.2, -0.15) is 0 Å². The number of rotatable bonds is 21. The van der Waals surface area contributed by atoms with E-state index in [-0.39, 0.29) is 24.1 Å². The first-order valence-corrected chi connectivity index (χ1v) is 23.1. The van der Waals surface area contributed by atoms with E-state index in [0.717, 1.165) is 74.5 Å². The summed E-state index contributed by atoms with van der Waals surface area (Å²) in [5.41, 5.74) is 2.15. The molecule has 3 N–H and O–H groups in total. The third-order valence-electron chi connectivity index (χ3n) is 15.6. The first-order valence-electron chi connectivity index (χ1n) is 23.1. The summed E-state index contributed by atoms with van der Waals surface area (Å²) in [4.78, 5) is 12.5. The highest BCUT2D eigenvalue weighted by molar-refractivity contribution is 5.69. The first-order chi connectivity index (χ1) is 25.9. The minimum atomic E-state index is -1.44. The maximum Gasteiger partial charge on any atom is 0.305 e. The molecule has 312 valence electrons. The van der Waals surface area contributed by atoms with Crippen molar-refractivity contribution in [3.05, 3.63) is 11.6 Å². The number of hydrogen-bond donors (Lipinski definition) is 3. The van der Waals surface area contributed by atoms with Crippen LogP contribution in [0.25, 0.3) is 0 Å². The minimum absolute atomic E-state index is 0.136. The molecule has 0 aromatic heterocycles. The Morgan fingerprint density at radius 3 is 2.19 bits per heavy atom. The Hall–Kier alpha value is -0.990. The number of aliphatic hydroxyl groups excluding tert-OH is 3. The Bertz CT molecular complexity index is 1170. The molecule has 0 amide bonds. The van der Waals surface area contributed by atoms with Crippen LogP contribution in [0.15, 0.2) is 11.6 Å². The summed E-state index contributed by atoms with van der Waals surface area (Å²) in [6.07, 6.45) is 23.4. The second-order valence-electron chi connectivity index (χ2n) is 19.8. The normalized spacial score (nSPS) is 38.4. The molecule has 13 atom stereocenters. The highest BCUT2D eigenvalue weighted by Gasteiger charge is 2.59. The van der Waals surface area contributed by atoms with Gasteiger partial charge in [-0.05, 0) is 104 Å². The number of fused-ring (bicyclic) bond motifs is 5. The van der Waals surface area contributed by atoms with Crippen molar-refractivity contribution in [1.29, 1.82) is 0 Å². The molecule has 5 aliphatic rings. The van der Waals surface area contributed by atoms with Crippen molar-refractivity contribution in [1.82, 2.24) is 0 Å². The summed E-state index contributed by atoms with van der Waals surface area (Å²) in [5.74, 6) is 4.45. The lowest BCUT2D eigenvalue weighted by molar-refractivity contribution is -0.313. The molecule has 0 radical (unpaired) electrons. The van der Waals surface area contributed by atoms with Crippen LogP contribution in [-0.4, -0.2) is 64.7 Å². The predicted molar refractivity (Wildman–Crippen MR) is 217 cm³/mol.